The highest BCUT2D eigenvalue weighted by Gasteiger charge is 2.21. The minimum Gasteiger partial charge on any atom is -0.324 e. The van der Waals surface area contributed by atoms with Crippen LogP contribution in [0.1, 0.15) is 33.1 Å². The molecule has 0 aromatic carbocycles. The van der Waals surface area contributed by atoms with Crippen LogP contribution in [0.25, 0.3) is 0 Å². The van der Waals surface area contributed by atoms with E-state index in [0.29, 0.717) is 0 Å². The van der Waals surface area contributed by atoms with Crippen molar-refractivity contribution >= 4 is 5.91 Å². The Hall–Kier alpha value is -1.35. The fourth-order valence-electron chi connectivity index (χ4n) is 1.93. The maximum Gasteiger partial charge on any atom is 0.241 e. The Balaban J connectivity index is 2.70. The molecule has 0 aromatic rings. The molecule has 0 radical (unpaired) electrons. The van der Waals surface area contributed by atoms with Gasteiger partial charge >= 0.3 is 0 Å². The summed E-state index contributed by atoms with van der Waals surface area (Å²) in [6, 6.07) is -0.0734. The number of hydrogen-bond acceptors (Lipinski definition) is 2. The lowest BCUT2D eigenvalue weighted by atomic mass is 10.0. The molecule has 1 aliphatic heterocycles. The van der Waals surface area contributed by atoms with Gasteiger partial charge in [-0.25, -0.2) is 0 Å². The normalized spacial score (nSPS) is 21.4. The van der Waals surface area contributed by atoms with E-state index >= 15 is 0 Å². The van der Waals surface area contributed by atoms with Crippen LogP contribution in [0.4, 0.5) is 0 Å². The van der Waals surface area contributed by atoms with E-state index in [-0.39, 0.29) is 11.9 Å². The first-order valence-corrected chi connectivity index (χ1v) is 6.09. The van der Waals surface area contributed by atoms with Gasteiger partial charge in [0.15, 0.2) is 0 Å². The van der Waals surface area contributed by atoms with Crippen LogP contribution in [0, 0.1) is 0 Å². The zero-order valence-electron chi connectivity index (χ0n) is 10.8. The number of allylic oxidation sites excluding steroid dienone is 3. The van der Waals surface area contributed by atoms with Crippen LogP contribution < -0.4 is 10.6 Å². The van der Waals surface area contributed by atoms with Crippen molar-refractivity contribution in [2.24, 2.45) is 0 Å². The number of rotatable bonds is 4. The minimum atomic E-state index is -0.0734. The molecular weight excluding hydrogens is 212 g/mol. The van der Waals surface area contributed by atoms with Crippen molar-refractivity contribution in [2.75, 3.05) is 6.54 Å². The van der Waals surface area contributed by atoms with Crippen LogP contribution in [0.2, 0.25) is 0 Å². The molecule has 17 heavy (non-hydrogen) atoms. The average molecular weight is 234 g/mol. The first-order valence-electron chi connectivity index (χ1n) is 6.09. The van der Waals surface area contributed by atoms with Crippen molar-refractivity contribution < 1.29 is 4.79 Å². The SMILES string of the molecule is C=C/C(C)=C(/NC(=O)[C@H]1CCCCN1)C(=C)C. The second kappa shape index (κ2) is 6.40. The second-order valence-electron chi connectivity index (χ2n) is 4.53. The van der Waals surface area contributed by atoms with Crippen molar-refractivity contribution in [3.63, 3.8) is 0 Å². The molecule has 0 spiro atoms. The molecule has 3 nitrogen and oxygen atoms in total. The Bertz CT molecular complexity index is 349. The second-order valence-corrected chi connectivity index (χ2v) is 4.53. The molecule has 94 valence electrons. The van der Waals surface area contributed by atoms with Gasteiger partial charge in [0.25, 0.3) is 0 Å². The Morgan fingerprint density at radius 2 is 2.12 bits per heavy atom. The molecule has 0 aliphatic carbocycles. The predicted octanol–water partition coefficient (Wildman–Crippen LogP) is 2.28. The number of amides is 1. The summed E-state index contributed by atoms with van der Waals surface area (Å²) in [7, 11) is 0. The van der Waals surface area contributed by atoms with Gasteiger partial charge in [0.1, 0.15) is 0 Å². The maximum absolute atomic E-state index is 12.1. The Morgan fingerprint density at radius 3 is 2.59 bits per heavy atom. The van der Waals surface area contributed by atoms with Gasteiger partial charge in [-0.05, 0) is 44.4 Å². The van der Waals surface area contributed by atoms with Crippen molar-refractivity contribution in [3.05, 3.63) is 36.1 Å². The van der Waals surface area contributed by atoms with E-state index in [1.54, 1.807) is 6.08 Å². The molecule has 3 heteroatoms. The number of piperidine rings is 1. The summed E-state index contributed by atoms with van der Waals surface area (Å²) in [6.07, 6.45) is 4.90. The number of carbonyl (C=O) groups is 1. The maximum atomic E-state index is 12.1. The first kappa shape index (κ1) is 13.7. The molecule has 1 amide bonds. The lowest BCUT2D eigenvalue weighted by Gasteiger charge is -2.23. The molecule has 1 heterocycles. The van der Waals surface area contributed by atoms with E-state index < -0.39 is 0 Å². The fourth-order valence-corrected chi connectivity index (χ4v) is 1.93. The molecule has 2 N–H and O–H groups in total. The van der Waals surface area contributed by atoms with Crippen LogP contribution in [-0.4, -0.2) is 18.5 Å². The van der Waals surface area contributed by atoms with Crippen LogP contribution in [0.3, 0.4) is 0 Å². The third-order valence-electron chi connectivity index (χ3n) is 3.00. The van der Waals surface area contributed by atoms with E-state index in [1.165, 1.54) is 0 Å². The molecule has 0 aromatic heterocycles. The van der Waals surface area contributed by atoms with Gasteiger partial charge < -0.3 is 10.6 Å². The number of hydrogen-bond donors (Lipinski definition) is 2. The smallest absolute Gasteiger partial charge is 0.241 e. The molecule has 0 bridgehead atoms. The van der Waals surface area contributed by atoms with Crippen LogP contribution >= 0.6 is 0 Å². The lowest BCUT2D eigenvalue weighted by Crippen LogP contribution is -2.46. The van der Waals surface area contributed by atoms with Crippen molar-refractivity contribution in [1.82, 2.24) is 10.6 Å². The first-order chi connectivity index (χ1) is 8.06. The minimum absolute atomic E-state index is 0.0314. The Labute approximate surface area is 104 Å². The molecule has 1 rings (SSSR count). The zero-order chi connectivity index (χ0) is 12.8. The van der Waals surface area contributed by atoms with Gasteiger partial charge in [-0.2, -0.15) is 0 Å². The van der Waals surface area contributed by atoms with E-state index in [0.717, 1.165) is 42.7 Å². The average Bonchev–Trinajstić information content (AvgIpc) is 2.35. The van der Waals surface area contributed by atoms with Crippen LogP contribution in [-0.2, 0) is 4.79 Å². The highest BCUT2D eigenvalue weighted by molar-refractivity contribution is 5.84. The summed E-state index contributed by atoms with van der Waals surface area (Å²) < 4.78 is 0. The largest absolute Gasteiger partial charge is 0.324 e. The van der Waals surface area contributed by atoms with E-state index in [9.17, 15) is 4.79 Å². The highest BCUT2D eigenvalue weighted by atomic mass is 16.2. The Morgan fingerprint density at radius 1 is 1.41 bits per heavy atom. The van der Waals surface area contributed by atoms with Crippen LogP contribution in [0.5, 0.6) is 0 Å². The van der Waals surface area contributed by atoms with E-state index in [2.05, 4.69) is 23.8 Å². The monoisotopic (exact) mass is 234 g/mol. The number of carbonyl (C=O) groups excluding carboxylic acids is 1. The topological polar surface area (TPSA) is 41.1 Å². The predicted molar refractivity (Wildman–Crippen MR) is 71.5 cm³/mol. The number of nitrogens with one attached hydrogen (secondary N) is 2. The van der Waals surface area contributed by atoms with Crippen molar-refractivity contribution in [2.45, 2.75) is 39.2 Å². The fraction of sp³-hybridized carbons (Fsp3) is 0.500. The van der Waals surface area contributed by atoms with Gasteiger partial charge in [0.2, 0.25) is 5.91 Å². The molecule has 1 atom stereocenters. The molecule has 0 saturated carbocycles. The third kappa shape index (κ3) is 3.86. The molecular formula is C14H22N2O. The summed E-state index contributed by atoms with van der Waals surface area (Å²) >= 11 is 0. The summed E-state index contributed by atoms with van der Waals surface area (Å²) in [5, 5.41) is 6.17. The summed E-state index contributed by atoms with van der Waals surface area (Å²) in [6.45, 7) is 12.3. The van der Waals surface area contributed by atoms with E-state index in [4.69, 9.17) is 0 Å². The van der Waals surface area contributed by atoms with Crippen molar-refractivity contribution in [1.29, 1.82) is 0 Å². The lowest BCUT2D eigenvalue weighted by molar-refractivity contribution is -0.122. The molecule has 1 fully saturated rings. The zero-order valence-corrected chi connectivity index (χ0v) is 10.8. The third-order valence-corrected chi connectivity index (χ3v) is 3.00. The summed E-state index contributed by atoms with van der Waals surface area (Å²) in [5.41, 5.74) is 2.59. The molecule has 1 saturated heterocycles. The van der Waals surface area contributed by atoms with Crippen molar-refractivity contribution in [3.8, 4) is 0 Å². The van der Waals surface area contributed by atoms with Gasteiger partial charge in [-0.15, -0.1) is 0 Å². The standard InChI is InChI=1S/C14H22N2O/c1-5-11(4)13(10(2)3)16-14(17)12-8-6-7-9-15-12/h5,12,15H,1-2,6-9H2,3-4H3,(H,16,17)/b13-11+/t12-/m1/s1. The quantitative estimate of drug-likeness (QED) is 0.733. The molecule has 0 unspecified atom stereocenters. The van der Waals surface area contributed by atoms with E-state index in [1.807, 2.05) is 13.8 Å². The van der Waals surface area contributed by atoms with Gasteiger partial charge in [0, 0.05) is 5.70 Å². The van der Waals surface area contributed by atoms with Crippen LogP contribution in [0.15, 0.2) is 36.1 Å². The highest BCUT2D eigenvalue weighted by Crippen LogP contribution is 2.13. The van der Waals surface area contributed by atoms with Gasteiger partial charge in [-0.3, -0.25) is 4.79 Å². The van der Waals surface area contributed by atoms with Gasteiger partial charge in [0.05, 0.1) is 6.04 Å². The van der Waals surface area contributed by atoms with Gasteiger partial charge in [-0.1, -0.05) is 25.7 Å². The molecule has 1 aliphatic rings. The summed E-state index contributed by atoms with van der Waals surface area (Å²) in [5.74, 6) is 0.0314. The Kier molecular flexibility index (Phi) is 5.16. The summed E-state index contributed by atoms with van der Waals surface area (Å²) in [4.78, 5) is 12.1.